The molecule has 0 saturated carbocycles. The molecule has 160 valence electrons. The number of amides is 1. The minimum absolute atomic E-state index is 0.0276. The Kier molecular flexibility index (Phi) is 7.75. The van der Waals surface area contributed by atoms with Gasteiger partial charge in [-0.3, -0.25) is 14.6 Å². The SMILES string of the molecule is CC(O)CC1=NCCC=C1C(=O)N1CCSC[C@H]1COc1cccc(N=O)c1C=O. The molecule has 1 saturated heterocycles. The standard InChI is InChI=1S/C21H25N3O5S/c1-14(26)10-19-16(4-3-7-22-19)21(27)24-8-9-30-13-15(24)12-29-20-6-2-5-18(23-28)17(20)11-25/h2,4-6,11,14-15,26H,3,7-10,12-13H2,1H3/t14?,15-/m1/s1. The van der Waals surface area contributed by atoms with E-state index in [-0.39, 0.29) is 35.6 Å². The van der Waals surface area contributed by atoms with Crippen LogP contribution in [-0.2, 0) is 4.79 Å². The Morgan fingerprint density at radius 1 is 1.50 bits per heavy atom. The van der Waals surface area contributed by atoms with E-state index in [0.29, 0.717) is 49.3 Å². The lowest BCUT2D eigenvalue weighted by Gasteiger charge is -2.36. The Balaban J connectivity index is 1.75. The predicted octanol–water partition coefficient (Wildman–Crippen LogP) is 2.76. The van der Waals surface area contributed by atoms with Gasteiger partial charge in [0, 0.05) is 36.7 Å². The third kappa shape index (κ3) is 5.14. The van der Waals surface area contributed by atoms with E-state index >= 15 is 0 Å². The summed E-state index contributed by atoms with van der Waals surface area (Å²) in [5.74, 6) is 1.69. The van der Waals surface area contributed by atoms with E-state index in [0.717, 1.165) is 5.75 Å². The number of dihydropyridines is 1. The van der Waals surface area contributed by atoms with Gasteiger partial charge in [0.2, 0.25) is 0 Å². The quantitative estimate of drug-likeness (QED) is 0.501. The van der Waals surface area contributed by atoms with Crippen molar-refractivity contribution >= 4 is 35.4 Å². The monoisotopic (exact) mass is 431 g/mol. The number of aliphatic hydroxyl groups is 1. The molecule has 2 aliphatic rings. The van der Waals surface area contributed by atoms with Crippen molar-refractivity contribution in [3.05, 3.63) is 40.3 Å². The third-order valence-electron chi connectivity index (χ3n) is 4.99. The summed E-state index contributed by atoms with van der Waals surface area (Å²) in [7, 11) is 0. The number of carbonyl (C=O) groups excluding carboxylic acids is 2. The number of carbonyl (C=O) groups is 2. The van der Waals surface area contributed by atoms with Crippen LogP contribution in [0.4, 0.5) is 5.69 Å². The Bertz CT molecular complexity index is 868. The van der Waals surface area contributed by atoms with Gasteiger partial charge >= 0.3 is 0 Å². The maximum Gasteiger partial charge on any atom is 0.255 e. The predicted molar refractivity (Wildman–Crippen MR) is 117 cm³/mol. The summed E-state index contributed by atoms with van der Waals surface area (Å²) in [5, 5.41) is 12.6. The molecule has 1 aromatic rings. The topological polar surface area (TPSA) is 109 Å². The molecule has 1 aromatic carbocycles. The summed E-state index contributed by atoms with van der Waals surface area (Å²) >= 11 is 1.73. The summed E-state index contributed by atoms with van der Waals surface area (Å²) in [6, 6.07) is 4.47. The largest absolute Gasteiger partial charge is 0.491 e. The van der Waals surface area contributed by atoms with Crippen LogP contribution in [0.5, 0.6) is 5.75 Å². The first-order valence-electron chi connectivity index (χ1n) is 9.90. The minimum atomic E-state index is -0.574. The van der Waals surface area contributed by atoms with Gasteiger partial charge in [0.15, 0.2) is 6.29 Å². The third-order valence-corrected chi connectivity index (χ3v) is 6.08. The van der Waals surface area contributed by atoms with Gasteiger partial charge in [0.25, 0.3) is 5.91 Å². The van der Waals surface area contributed by atoms with Gasteiger partial charge in [0.1, 0.15) is 18.0 Å². The molecule has 9 heteroatoms. The highest BCUT2D eigenvalue weighted by atomic mass is 32.2. The van der Waals surface area contributed by atoms with Gasteiger partial charge in [0.05, 0.1) is 23.3 Å². The van der Waals surface area contributed by atoms with Crippen LogP contribution in [-0.4, -0.2) is 71.3 Å². The van der Waals surface area contributed by atoms with Gasteiger partial charge in [-0.25, -0.2) is 0 Å². The summed E-state index contributed by atoms with van der Waals surface area (Å²) in [6.45, 7) is 3.07. The van der Waals surface area contributed by atoms with Crippen molar-refractivity contribution in [3.8, 4) is 5.75 Å². The van der Waals surface area contributed by atoms with Crippen LogP contribution in [0, 0.1) is 4.91 Å². The number of thioether (sulfide) groups is 1. The van der Waals surface area contributed by atoms with E-state index in [9.17, 15) is 19.6 Å². The van der Waals surface area contributed by atoms with Crippen LogP contribution < -0.4 is 4.74 Å². The number of aldehydes is 1. The van der Waals surface area contributed by atoms with Gasteiger partial charge in [-0.15, -0.1) is 4.91 Å². The molecule has 1 fully saturated rings. The number of rotatable bonds is 8. The lowest BCUT2D eigenvalue weighted by Crippen LogP contribution is -2.50. The molecule has 2 heterocycles. The number of nitrogens with zero attached hydrogens (tertiary/aromatic N) is 3. The first-order chi connectivity index (χ1) is 14.5. The zero-order valence-corrected chi connectivity index (χ0v) is 17.6. The average Bonchev–Trinajstić information content (AvgIpc) is 2.77. The summed E-state index contributed by atoms with van der Waals surface area (Å²) in [5.41, 5.74) is 1.34. The smallest absolute Gasteiger partial charge is 0.255 e. The normalized spacial score (nSPS) is 20.1. The van der Waals surface area contributed by atoms with E-state index in [1.165, 1.54) is 6.07 Å². The molecule has 30 heavy (non-hydrogen) atoms. The number of aliphatic imine (C=N–C) groups is 1. The highest BCUT2D eigenvalue weighted by molar-refractivity contribution is 7.99. The first-order valence-corrected chi connectivity index (χ1v) is 11.1. The first kappa shape index (κ1) is 22.2. The highest BCUT2D eigenvalue weighted by Gasteiger charge is 2.32. The van der Waals surface area contributed by atoms with E-state index in [1.54, 1.807) is 35.7 Å². The van der Waals surface area contributed by atoms with Gasteiger partial charge < -0.3 is 14.7 Å². The molecule has 3 rings (SSSR count). The molecule has 0 bridgehead atoms. The number of aliphatic hydroxyl groups excluding tert-OH is 1. The van der Waals surface area contributed by atoms with Crippen LogP contribution >= 0.6 is 11.8 Å². The van der Waals surface area contributed by atoms with Crippen LogP contribution in [0.3, 0.4) is 0 Å². The highest BCUT2D eigenvalue weighted by Crippen LogP contribution is 2.28. The van der Waals surface area contributed by atoms with E-state index in [2.05, 4.69) is 10.2 Å². The number of benzene rings is 1. The zero-order valence-electron chi connectivity index (χ0n) is 16.8. The minimum Gasteiger partial charge on any atom is -0.491 e. The van der Waals surface area contributed by atoms with Crippen molar-refractivity contribution < 1.29 is 19.4 Å². The molecular formula is C21H25N3O5S. The fourth-order valence-corrected chi connectivity index (χ4v) is 4.57. The Hall–Kier alpha value is -2.52. The lowest BCUT2D eigenvalue weighted by atomic mass is 9.99. The van der Waals surface area contributed by atoms with Crippen LogP contribution in [0.25, 0.3) is 0 Å². The summed E-state index contributed by atoms with van der Waals surface area (Å²) in [4.78, 5) is 41.8. The van der Waals surface area contributed by atoms with Crippen LogP contribution in [0.1, 0.15) is 30.1 Å². The molecule has 2 aliphatic heterocycles. The van der Waals surface area contributed by atoms with Crippen molar-refractivity contribution in [2.75, 3.05) is 31.2 Å². The molecule has 2 atom stereocenters. The molecule has 1 N–H and O–H groups in total. The van der Waals surface area contributed by atoms with Gasteiger partial charge in [-0.1, -0.05) is 12.1 Å². The van der Waals surface area contributed by atoms with Crippen molar-refractivity contribution in [1.29, 1.82) is 0 Å². The number of hydrogen-bond acceptors (Lipinski definition) is 8. The van der Waals surface area contributed by atoms with Crippen LogP contribution in [0.15, 0.2) is 40.0 Å². The second kappa shape index (κ2) is 10.5. The van der Waals surface area contributed by atoms with Crippen molar-refractivity contribution in [1.82, 2.24) is 4.90 Å². The molecule has 0 radical (unpaired) electrons. The Morgan fingerprint density at radius 3 is 3.07 bits per heavy atom. The number of nitroso groups, excluding NO2 is 1. The fourth-order valence-electron chi connectivity index (χ4n) is 3.53. The molecule has 8 nitrogen and oxygen atoms in total. The summed E-state index contributed by atoms with van der Waals surface area (Å²) in [6.07, 6.45) is 2.92. The number of hydrogen-bond donors (Lipinski definition) is 1. The molecule has 0 spiro atoms. The fraction of sp³-hybridized carbons (Fsp3) is 0.476. The second-order valence-electron chi connectivity index (χ2n) is 7.22. The van der Waals surface area contributed by atoms with E-state index < -0.39 is 6.10 Å². The average molecular weight is 432 g/mol. The van der Waals surface area contributed by atoms with Crippen LogP contribution in [0.2, 0.25) is 0 Å². The number of ether oxygens (including phenoxy) is 1. The molecular weight excluding hydrogens is 406 g/mol. The van der Waals surface area contributed by atoms with E-state index in [4.69, 9.17) is 4.74 Å². The molecule has 0 aliphatic carbocycles. The van der Waals surface area contributed by atoms with Gasteiger partial charge in [-0.05, 0) is 30.7 Å². The molecule has 0 aromatic heterocycles. The van der Waals surface area contributed by atoms with Crippen molar-refractivity contribution in [2.45, 2.75) is 31.9 Å². The lowest BCUT2D eigenvalue weighted by molar-refractivity contribution is -0.129. The van der Waals surface area contributed by atoms with Crippen molar-refractivity contribution in [2.24, 2.45) is 10.2 Å². The maximum absolute atomic E-state index is 13.3. The second-order valence-corrected chi connectivity index (χ2v) is 8.37. The van der Waals surface area contributed by atoms with Crippen molar-refractivity contribution in [3.63, 3.8) is 0 Å². The maximum atomic E-state index is 13.3. The molecule has 1 amide bonds. The Labute approximate surface area is 179 Å². The summed E-state index contributed by atoms with van der Waals surface area (Å²) < 4.78 is 5.84. The molecule has 1 unspecified atom stereocenters. The van der Waals surface area contributed by atoms with E-state index in [1.807, 2.05) is 6.08 Å². The van der Waals surface area contributed by atoms with Gasteiger partial charge in [-0.2, -0.15) is 11.8 Å². The Morgan fingerprint density at radius 2 is 2.33 bits per heavy atom. The zero-order chi connectivity index (χ0) is 21.5.